The van der Waals surface area contributed by atoms with E-state index >= 15 is 0 Å². The minimum Gasteiger partial charge on any atom is -0.368 e. The highest BCUT2D eigenvalue weighted by molar-refractivity contribution is 8.18. The molecule has 7 heteroatoms. The third-order valence-corrected chi connectivity index (χ3v) is 4.60. The standard InChI is InChI=1S/C14H14ClN3O2S/c15-10-3-1-2-8(6-11-13(19)17-14(20)21-11)12(10)18-5-4-9(16)7-18/h1-3,6,9H,4-5,7,16H2,(H,17,19,20)/t9-/m0/s1. The Kier molecular flexibility index (Phi) is 3.93. The van der Waals surface area contributed by atoms with E-state index in [1.807, 2.05) is 18.2 Å². The Morgan fingerprint density at radius 2 is 2.24 bits per heavy atom. The van der Waals surface area contributed by atoms with Crippen LogP contribution in [0.5, 0.6) is 0 Å². The van der Waals surface area contributed by atoms with Crippen molar-refractivity contribution in [3.63, 3.8) is 0 Å². The molecule has 3 N–H and O–H groups in total. The number of carbonyl (C=O) groups is 2. The van der Waals surface area contributed by atoms with Gasteiger partial charge in [0.25, 0.3) is 11.1 Å². The van der Waals surface area contributed by atoms with Crippen LogP contribution in [0.4, 0.5) is 10.5 Å². The molecule has 0 aliphatic carbocycles. The third kappa shape index (κ3) is 2.92. The molecule has 2 saturated heterocycles. The molecule has 2 fully saturated rings. The van der Waals surface area contributed by atoms with Crippen molar-refractivity contribution >= 4 is 46.3 Å². The quantitative estimate of drug-likeness (QED) is 0.816. The van der Waals surface area contributed by atoms with Crippen LogP contribution >= 0.6 is 23.4 Å². The number of hydrogen-bond donors (Lipinski definition) is 2. The van der Waals surface area contributed by atoms with E-state index in [-0.39, 0.29) is 17.2 Å². The van der Waals surface area contributed by atoms with E-state index in [1.165, 1.54) is 0 Å². The number of anilines is 1. The lowest BCUT2D eigenvalue weighted by Gasteiger charge is -2.22. The summed E-state index contributed by atoms with van der Waals surface area (Å²) < 4.78 is 0. The fraction of sp³-hybridized carbons (Fsp3) is 0.286. The number of hydrogen-bond acceptors (Lipinski definition) is 5. The Morgan fingerprint density at radius 3 is 2.86 bits per heavy atom. The summed E-state index contributed by atoms with van der Waals surface area (Å²) in [4.78, 5) is 25.4. The van der Waals surface area contributed by atoms with Gasteiger partial charge in [-0.15, -0.1) is 0 Å². The molecule has 0 bridgehead atoms. The molecule has 0 radical (unpaired) electrons. The summed E-state index contributed by atoms with van der Waals surface area (Å²) in [5.74, 6) is -0.367. The fourth-order valence-corrected chi connectivity index (χ4v) is 3.51. The summed E-state index contributed by atoms with van der Waals surface area (Å²) in [5, 5.41) is 2.52. The number of rotatable bonds is 2. The van der Waals surface area contributed by atoms with Gasteiger partial charge in [-0.2, -0.15) is 0 Å². The molecule has 0 unspecified atom stereocenters. The molecule has 110 valence electrons. The first-order valence-corrected chi connectivity index (χ1v) is 7.78. The monoisotopic (exact) mass is 323 g/mol. The van der Waals surface area contributed by atoms with Crippen molar-refractivity contribution in [2.75, 3.05) is 18.0 Å². The van der Waals surface area contributed by atoms with Crippen molar-refractivity contribution in [2.45, 2.75) is 12.5 Å². The molecule has 2 amide bonds. The van der Waals surface area contributed by atoms with Crippen molar-refractivity contribution in [1.82, 2.24) is 5.32 Å². The molecule has 1 aromatic rings. The van der Waals surface area contributed by atoms with Gasteiger partial charge in [0, 0.05) is 24.7 Å². The zero-order valence-corrected chi connectivity index (χ0v) is 12.7. The second-order valence-electron chi connectivity index (χ2n) is 5.02. The van der Waals surface area contributed by atoms with E-state index in [0.29, 0.717) is 9.93 Å². The van der Waals surface area contributed by atoms with Gasteiger partial charge >= 0.3 is 0 Å². The Hall–Kier alpha value is -1.50. The summed E-state index contributed by atoms with van der Waals surface area (Å²) in [6, 6.07) is 5.66. The predicted molar refractivity (Wildman–Crippen MR) is 85.4 cm³/mol. The Labute approximate surface area is 131 Å². The van der Waals surface area contributed by atoms with E-state index in [4.69, 9.17) is 17.3 Å². The number of imide groups is 1. The summed E-state index contributed by atoms with van der Waals surface area (Å²) in [6.45, 7) is 1.57. The number of nitrogens with two attached hydrogens (primary N) is 1. The maximum atomic E-state index is 11.7. The van der Waals surface area contributed by atoms with Crippen molar-refractivity contribution < 1.29 is 9.59 Å². The summed E-state index contributed by atoms with van der Waals surface area (Å²) in [6.07, 6.45) is 2.62. The van der Waals surface area contributed by atoms with Gasteiger partial charge in [-0.1, -0.05) is 23.7 Å². The number of carbonyl (C=O) groups excluding carboxylic acids is 2. The van der Waals surface area contributed by atoms with Crippen LogP contribution in [0.15, 0.2) is 23.1 Å². The lowest BCUT2D eigenvalue weighted by molar-refractivity contribution is -0.115. The zero-order valence-electron chi connectivity index (χ0n) is 11.1. The van der Waals surface area contributed by atoms with Gasteiger partial charge in [-0.3, -0.25) is 14.9 Å². The minimum atomic E-state index is -0.367. The molecule has 1 atom stereocenters. The van der Waals surface area contributed by atoms with Crippen LogP contribution in [0.1, 0.15) is 12.0 Å². The van der Waals surface area contributed by atoms with Gasteiger partial charge < -0.3 is 10.6 Å². The lowest BCUT2D eigenvalue weighted by atomic mass is 10.1. The molecule has 3 rings (SSSR count). The van der Waals surface area contributed by atoms with Crippen LogP contribution in [0.2, 0.25) is 5.02 Å². The first-order valence-electron chi connectivity index (χ1n) is 6.58. The van der Waals surface area contributed by atoms with Crippen molar-refractivity contribution in [1.29, 1.82) is 0 Å². The molecule has 0 aromatic heterocycles. The average Bonchev–Trinajstić information content (AvgIpc) is 2.96. The number of para-hydroxylation sites is 1. The predicted octanol–water partition coefficient (Wildman–Crippen LogP) is 2.20. The highest BCUT2D eigenvalue weighted by atomic mass is 35.5. The highest BCUT2D eigenvalue weighted by Crippen LogP contribution is 2.35. The Balaban J connectivity index is 1.99. The second-order valence-corrected chi connectivity index (χ2v) is 6.45. The molecule has 2 aliphatic heterocycles. The van der Waals surface area contributed by atoms with Crippen LogP contribution in [0, 0.1) is 0 Å². The topological polar surface area (TPSA) is 75.4 Å². The van der Waals surface area contributed by atoms with Gasteiger partial charge in [-0.05, 0) is 30.3 Å². The lowest BCUT2D eigenvalue weighted by Crippen LogP contribution is -2.27. The van der Waals surface area contributed by atoms with E-state index in [9.17, 15) is 9.59 Å². The molecular formula is C14H14ClN3O2S. The maximum Gasteiger partial charge on any atom is 0.290 e. The maximum absolute atomic E-state index is 11.7. The van der Waals surface area contributed by atoms with E-state index in [1.54, 1.807) is 6.08 Å². The fourth-order valence-electron chi connectivity index (χ4n) is 2.53. The molecule has 21 heavy (non-hydrogen) atoms. The van der Waals surface area contributed by atoms with Gasteiger partial charge in [-0.25, -0.2) is 0 Å². The number of halogens is 1. The summed E-state index contributed by atoms with van der Waals surface area (Å²) >= 11 is 7.22. The van der Waals surface area contributed by atoms with Gasteiger partial charge in [0.15, 0.2) is 0 Å². The minimum absolute atomic E-state index is 0.132. The van der Waals surface area contributed by atoms with E-state index in [2.05, 4.69) is 10.2 Å². The Morgan fingerprint density at radius 1 is 1.43 bits per heavy atom. The number of amides is 2. The SMILES string of the molecule is N[C@H]1CCN(c2c(Cl)cccc2C=C2SC(=O)NC2=O)C1. The van der Waals surface area contributed by atoms with Gasteiger partial charge in [0.2, 0.25) is 0 Å². The molecule has 0 saturated carbocycles. The summed E-state index contributed by atoms with van der Waals surface area (Å²) in [5.41, 5.74) is 7.64. The first-order chi connectivity index (χ1) is 10.0. The number of nitrogens with zero attached hydrogens (tertiary/aromatic N) is 1. The van der Waals surface area contributed by atoms with Crippen LogP contribution in [-0.2, 0) is 4.79 Å². The molecule has 2 aliphatic rings. The van der Waals surface area contributed by atoms with Crippen LogP contribution < -0.4 is 16.0 Å². The average molecular weight is 324 g/mol. The van der Waals surface area contributed by atoms with Crippen LogP contribution in [0.3, 0.4) is 0 Å². The smallest absolute Gasteiger partial charge is 0.290 e. The molecule has 1 aromatic carbocycles. The first kappa shape index (κ1) is 14.4. The van der Waals surface area contributed by atoms with Crippen molar-refractivity contribution in [2.24, 2.45) is 5.73 Å². The van der Waals surface area contributed by atoms with E-state index < -0.39 is 0 Å². The number of benzene rings is 1. The van der Waals surface area contributed by atoms with Crippen LogP contribution in [-0.4, -0.2) is 30.3 Å². The molecule has 2 heterocycles. The Bertz CT molecular complexity index is 647. The van der Waals surface area contributed by atoms with Crippen molar-refractivity contribution in [3.8, 4) is 0 Å². The normalized spacial score (nSPS) is 24.0. The summed E-state index contributed by atoms with van der Waals surface area (Å²) in [7, 11) is 0. The number of thioether (sulfide) groups is 1. The zero-order chi connectivity index (χ0) is 15.0. The van der Waals surface area contributed by atoms with Gasteiger partial charge in [0.1, 0.15) is 0 Å². The second kappa shape index (κ2) is 5.71. The molecular weight excluding hydrogens is 310 g/mol. The highest BCUT2D eigenvalue weighted by Gasteiger charge is 2.27. The van der Waals surface area contributed by atoms with Gasteiger partial charge in [0.05, 0.1) is 15.6 Å². The molecule has 0 spiro atoms. The molecule has 5 nitrogen and oxygen atoms in total. The third-order valence-electron chi connectivity index (χ3n) is 3.49. The largest absolute Gasteiger partial charge is 0.368 e. The van der Waals surface area contributed by atoms with E-state index in [0.717, 1.165) is 42.5 Å². The number of nitrogens with one attached hydrogen (secondary N) is 1. The van der Waals surface area contributed by atoms with Crippen LogP contribution in [0.25, 0.3) is 6.08 Å². The van der Waals surface area contributed by atoms with Crippen molar-refractivity contribution in [3.05, 3.63) is 33.7 Å².